The number of rotatable bonds is 3. The molecule has 2 aliphatic rings. The summed E-state index contributed by atoms with van der Waals surface area (Å²) in [4.78, 5) is 25.1. The molecule has 0 unspecified atom stereocenters. The zero-order valence-electron chi connectivity index (χ0n) is 14.9. The molecule has 27 heavy (non-hydrogen) atoms. The first-order valence-electron chi connectivity index (χ1n) is 8.79. The standard InChI is InChI=1S/C18H21N5O3S/c1-22-7-8-23(16-12-27(25,26)11-15(16)22)17(24)13-9-19-18(20-10-13)21-14-5-3-2-4-6-14/h2-6,9-10,15-16H,7-8,11-12H2,1H3,(H,19,20,21)/t15-,16+/m1/s1. The number of carbonyl (C=O) groups excluding carboxylic acids is 1. The largest absolute Gasteiger partial charge is 0.332 e. The van der Waals surface area contributed by atoms with Crippen LogP contribution in [-0.4, -0.2) is 77.8 Å². The minimum atomic E-state index is -3.13. The Bertz CT molecular complexity index is 933. The van der Waals surface area contributed by atoms with E-state index in [0.29, 0.717) is 24.6 Å². The zero-order chi connectivity index (χ0) is 19.0. The van der Waals surface area contributed by atoms with Crippen LogP contribution in [0.4, 0.5) is 11.6 Å². The Morgan fingerprint density at radius 2 is 1.74 bits per heavy atom. The topological polar surface area (TPSA) is 95.5 Å². The predicted octanol–water partition coefficient (Wildman–Crippen LogP) is 0.773. The number of amides is 1. The van der Waals surface area contributed by atoms with Crippen molar-refractivity contribution in [3.8, 4) is 0 Å². The number of anilines is 2. The molecule has 0 radical (unpaired) electrons. The maximum atomic E-state index is 12.9. The summed E-state index contributed by atoms with van der Waals surface area (Å²) in [5.41, 5.74) is 1.22. The van der Waals surface area contributed by atoms with E-state index in [1.807, 2.05) is 42.3 Å². The number of likely N-dealkylation sites (N-methyl/N-ethyl adjacent to an activating group) is 1. The number of carbonyl (C=O) groups is 1. The molecule has 1 N–H and O–H groups in total. The van der Waals surface area contributed by atoms with Gasteiger partial charge in [0.2, 0.25) is 5.95 Å². The van der Waals surface area contributed by atoms with Crippen molar-refractivity contribution < 1.29 is 13.2 Å². The number of nitrogens with zero attached hydrogens (tertiary/aromatic N) is 4. The van der Waals surface area contributed by atoms with Gasteiger partial charge in [-0.2, -0.15) is 0 Å². The van der Waals surface area contributed by atoms with E-state index in [4.69, 9.17) is 0 Å². The Labute approximate surface area is 158 Å². The normalized spacial score (nSPS) is 24.4. The van der Waals surface area contributed by atoms with Gasteiger partial charge in [0.1, 0.15) is 0 Å². The van der Waals surface area contributed by atoms with E-state index < -0.39 is 9.84 Å². The van der Waals surface area contributed by atoms with Crippen molar-refractivity contribution in [3.05, 3.63) is 48.3 Å². The molecule has 1 aromatic heterocycles. The third-order valence-electron chi connectivity index (χ3n) is 5.14. The second-order valence-corrected chi connectivity index (χ2v) is 9.13. The minimum absolute atomic E-state index is 0.0161. The van der Waals surface area contributed by atoms with Gasteiger partial charge in [0.05, 0.1) is 23.1 Å². The van der Waals surface area contributed by atoms with Crippen LogP contribution in [0.5, 0.6) is 0 Å². The summed E-state index contributed by atoms with van der Waals surface area (Å²) < 4.78 is 24.1. The Kier molecular flexibility index (Phi) is 4.56. The molecule has 1 amide bonds. The summed E-state index contributed by atoms with van der Waals surface area (Å²) in [5, 5.41) is 3.07. The second kappa shape index (κ2) is 6.90. The monoisotopic (exact) mass is 387 g/mol. The van der Waals surface area contributed by atoms with Crippen LogP contribution < -0.4 is 5.32 Å². The van der Waals surface area contributed by atoms with Crippen LogP contribution in [0, 0.1) is 0 Å². The molecule has 2 aliphatic heterocycles. The quantitative estimate of drug-likeness (QED) is 0.831. The number of fused-ring (bicyclic) bond motifs is 1. The van der Waals surface area contributed by atoms with E-state index in [1.54, 1.807) is 4.90 Å². The first-order chi connectivity index (χ1) is 12.9. The van der Waals surface area contributed by atoms with Crippen molar-refractivity contribution in [1.82, 2.24) is 19.8 Å². The van der Waals surface area contributed by atoms with Gasteiger partial charge in [0.25, 0.3) is 5.91 Å². The van der Waals surface area contributed by atoms with E-state index >= 15 is 0 Å². The van der Waals surface area contributed by atoms with Gasteiger partial charge in [-0.1, -0.05) is 18.2 Å². The number of para-hydroxylation sites is 1. The third-order valence-corrected chi connectivity index (χ3v) is 6.84. The molecule has 9 heteroatoms. The molecule has 0 saturated carbocycles. The van der Waals surface area contributed by atoms with Crippen molar-refractivity contribution >= 4 is 27.4 Å². The molecule has 2 aromatic rings. The lowest BCUT2D eigenvalue weighted by molar-refractivity contribution is 0.0409. The van der Waals surface area contributed by atoms with Gasteiger partial charge < -0.3 is 10.2 Å². The van der Waals surface area contributed by atoms with Gasteiger partial charge in [-0.05, 0) is 19.2 Å². The number of sulfone groups is 1. The molecule has 0 spiro atoms. The number of hydrogen-bond donors (Lipinski definition) is 1. The lowest BCUT2D eigenvalue weighted by Gasteiger charge is -2.42. The van der Waals surface area contributed by atoms with Crippen LogP contribution in [0.3, 0.4) is 0 Å². The second-order valence-electron chi connectivity index (χ2n) is 6.98. The van der Waals surface area contributed by atoms with Crippen molar-refractivity contribution in [3.63, 3.8) is 0 Å². The molecule has 2 atom stereocenters. The third kappa shape index (κ3) is 3.65. The molecular weight excluding hydrogens is 366 g/mol. The summed E-state index contributed by atoms with van der Waals surface area (Å²) in [6.45, 7) is 1.15. The van der Waals surface area contributed by atoms with E-state index in [-0.39, 0.29) is 29.5 Å². The number of benzene rings is 1. The smallest absolute Gasteiger partial charge is 0.257 e. The van der Waals surface area contributed by atoms with Crippen molar-refractivity contribution in [1.29, 1.82) is 0 Å². The minimum Gasteiger partial charge on any atom is -0.332 e. The number of aromatic nitrogens is 2. The van der Waals surface area contributed by atoms with Crippen molar-refractivity contribution in [2.45, 2.75) is 12.1 Å². The highest BCUT2D eigenvalue weighted by Gasteiger charge is 2.47. The van der Waals surface area contributed by atoms with Gasteiger partial charge >= 0.3 is 0 Å². The molecule has 4 rings (SSSR count). The van der Waals surface area contributed by atoms with Crippen molar-refractivity contribution in [2.24, 2.45) is 0 Å². The van der Waals surface area contributed by atoms with Crippen LogP contribution in [0.1, 0.15) is 10.4 Å². The van der Waals surface area contributed by atoms with Gasteiger partial charge in [0, 0.05) is 37.2 Å². The zero-order valence-corrected chi connectivity index (χ0v) is 15.8. The van der Waals surface area contributed by atoms with Crippen molar-refractivity contribution in [2.75, 3.05) is 37.0 Å². The average Bonchev–Trinajstić information content (AvgIpc) is 2.99. The van der Waals surface area contributed by atoms with Crippen LogP contribution in [0.15, 0.2) is 42.7 Å². The molecule has 142 valence electrons. The highest BCUT2D eigenvalue weighted by Crippen LogP contribution is 2.27. The maximum absolute atomic E-state index is 12.9. The highest BCUT2D eigenvalue weighted by molar-refractivity contribution is 7.91. The fourth-order valence-electron chi connectivity index (χ4n) is 3.70. The lowest BCUT2D eigenvalue weighted by atomic mass is 10.0. The van der Waals surface area contributed by atoms with E-state index in [1.165, 1.54) is 12.4 Å². The lowest BCUT2D eigenvalue weighted by Crippen LogP contribution is -2.59. The summed E-state index contributed by atoms with van der Waals surface area (Å²) in [7, 11) is -1.22. The molecule has 2 saturated heterocycles. The van der Waals surface area contributed by atoms with Crippen LogP contribution >= 0.6 is 0 Å². The number of piperazine rings is 1. The van der Waals surface area contributed by atoms with Gasteiger partial charge in [0.15, 0.2) is 9.84 Å². The van der Waals surface area contributed by atoms with Crippen LogP contribution in [-0.2, 0) is 9.84 Å². The maximum Gasteiger partial charge on any atom is 0.257 e. The Morgan fingerprint density at radius 3 is 2.44 bits per heavy atom. The highest BCUT2D eigenvalue weighted by atomic mass is 32.2. The summed E-state index contributed by atoms with van der Waals surface area (Å²) in [6.07, 6.45) is 2.97. The SMILES string of the molecule is CN1CCN(C(=O)c2cnc(Nc3ccccc3)nc2)[C@H]2CS(=O)(=O)C[C@H]21. The molecular formula is C18H21N5O3S. The number of hydrogen-bond acceptors (Lipinski definition) is 7. The molecule has 1 aromatic carbocycles. The Hall–Kier alpha value is -2.52. The van der Waals surface area contributed by atoms with Crippen LogP contribution in [0.25, 0.3) is 0 Å². The molecule has 2 fully saturated rings. The average molecular weight is 387 g/mol. The molecule has 0 bridgehead atoms. The predicted molar refractivity (Wildman–Crippen MR) is 102 cm³/mol. The number of nitrogens with one attached hydrogen (secondary N) is 1. The van der Waals surface area contributed by atoms with E-state index in [9.17, 15) is 13.2 Å². The molecule has 3 heterocycles. The van der Waals surface area contributed by atoms with Gasteiger partial charge in [-0.3, -0.25) is 9.69 Å². The van der Waals surface area contributed by atoms with Crippen LogP contribution in [0.2, 0.25) is 0 Å². The fourth-order valence-corrected chi connectivity index (χ4v) is 5.75. The van der Waals surface area contributed by atoms with Gasteiger partial charge in [-0.25, -0.2) is 18.4 Å². The van der Waals surface area contributed by atoms with E-state index in [2.05, 4.69) is 15.3 Å². The van der Waals surface area contributed by atoms with E-state index in [0.717, 1.165) is 5.69 Å². The fraction of sp³-hybridized carbons (Fsp3) is 0.389. The Morgan fingerprint density at radius 1 is 1.07 bits per heavy atom. The molecule has 8 nitrogen and oxygen atoms in total. The summed E-state index contributed by atoms with van der Waals surface area (Å²) in [5.74, 6) is 0.301. The summed E-state index contributed by atoms with van der Waals surface area (Å²) >= 11 is 0. The Balaban J connectivity index is 1.51. The molecule has 0 aliphatic carbocycles. The first kappa shape index (κ1) is 17.9. The first-order valence-corrected chi connectivity index (χ1v) is 10.6. The van der Waals surface area contributed by atoms with Gasteiger partial charge in [-0.15, -0.1) is 0 Å². The summed E-state index contributed by atoms with van der Waals surface area (Å²) in [6, 6.07) is 9.05.